The van der Waals surface area contributed by atoms with Gasteiger partial charge in [0.25, 0.3) is 11.8 Å². The minimum absolute atomic E-state index is 0.0470. The lowest BCUT2D eigenvalue weighted by atomic mass is 9.87. The van der Waals surface area contributed by atoms with E-state index in [0.29, 0.717) is 9.13 Å². The van der Waals surface area contributed by atoms with Gasteiger partial charge in [-0.2, -0.15) is 5.26 Å². The van der Waals surface area contributed by atoms with Gasteiger partial charge in [0.2, 0.25) is 5.91 Å². The summed E-state index contributed by atoms with van der Waals surface area (Å²) in [4.78, 5) is 50.8. The molecule has 2 aromatic heterocycles. The monoisotopic (exact) mass is 676 g/mol. The van der Waals surface area contributed by atoms with E-state index in [-0.39, 0.29) is 17.1 Å². The number of hydrogen-bond donors (Lipinski definition) is 1. The van der Waals surface area contributed by atoms with Crippen molar-refractivity contribution in [2.45, 2.75) is 36.9 Å². The molecule has 0 bridgehead atoms. The number of pyridine rings is 2. The summed E-state index contributed by atoms with van der Waals surface area (Å²) < 4.78 is 47.3. The fourth-order valence-electron chi connectivity index (χ4n) is 4.71. The quantitative estimate of drug-likeness (QED) is 0.374. The molecule has 1 aromatic carbocycles. The Morgan fingerprint density at radius 3 is 2.66 bits per heavy atom. The molecule has 0 unspecified atom stereocenters. The van der Waals surface area contributed by atoms with E-state index in [0.717, 1.165) is 22.1 Å². The largest absolute Gasteiger partial charge is 0.446 e. The average molecular weight is 676 g/mol. The van der Waals surface area contributed by atoms with E-state index >= 15 is 0 Å². The van der Waals surface area contributed by atoms with Gasteiger partial charge in [-0.3, -0.25) is 19.5 Å². The molecule has 10 nitrogen and oxygen atoms in total. The average Bonchev–Trinajstić information content (AvgIpc) is 3.32. The number of alkyl halides is 2. The summed E-state index contributed by atoms with van der Waals surface area (Å²) in [6.45, 7) is -0.440. The first-order chi connectivity index (χ1) is 19.6. The Labute approximate surface area is 245 Å². The fourth-order valence-corrected chi connectivity index (χ4v) is 5.39. The number of amides is 3. The van der Waals surface area contributed by atoms with E-state index in [1.807, 2.05) is 28.7 Å². The molecule has 1 saturated carbocycles. The Kier molecular flexibility index (Phi) is 7.80. The molecule has 210 valence electrons. The summed E-state index contributed by atoms with van der Waals surface area (Å²) in [7, 11) is 0. The molecule has 2 atom stereocenters. The number of anilines is 2. The van der Waals surface area contributed by atoms with Gasteiger partial charge in [0, 0.05) is 34.7 Å². The number of halogens is 4. The SMILES string of the molecule is N#Cc1ccnc(N2C(=O)OC[C@H]2C(=O)N(c2cncc(F)c2)[C@H](C(=O)NC2CC(F)(F)C2)c2ccccc2I)c1. The number of benzene rings is 1. The van der Waals surface area contributed by atoms with Crippen LogP contribution in [0.15, 0.2) is 61.1 Å². The van der Waals surface area contributed by atoms with E-state index in [1.165, 1.54) is 24.5 Å². The number of nitriles is 1. The van der Waals surface area contributed by atoms with Crippen molar-refractivity contribution < 1.29 is 32.3 Å². The lowest BCUT2D eigenvalue weighted by molar-refractivity contribution is -0.133. The number of nitrogens with zero attached hydrogens (tertiary/aromatic N) is 5. The molecule has 41 heavy (non-hydrogen) atoms. The van der Waals surface area contributed by atoms with Crippen LogP contribution in [0.2, 0.25) is 0 Å². The van der Waals surface area contributed by atoms with Crippen LogP contribution in [0.1, 0.15) is 30.0 Å². The van der Waals surface area contributed by atoms with Gasteiger partial charge in [-0.1, -0.05) is 18.2 Å². The van der Waals surface area contributed by atoms with E-state index in [9.17, 15) is 32.8 Å². The van der Waals surface area contributed by atoms with Gasteiger partial charge in [-0.25, -0.2) is 27.8 Å². The van der Waals surface area contributed by atoms with Gasteiger partial charge < -0.3 is 10.1 Å². The molecular weight excluding hydrogens is 656 g/mol. The highest BCUT2D eigenvalue weighted by Crippen LogP contribution is 2.39. The van der Waals surface area contributed by atoms with Gasteiger partial charge in [0.1, 0.15) is 24.3 Å². The zero-order chi connectivity index (χ0) is 29.3. The Morgan fingerprint density at radius 1 is 1.22 bits per heavy atom. The van der Waals surface area contributed by atoms with Crippen LogP contribution in [-0.2, 0) is 14.3 Å². The van der Waals surface area contributed by atoms with Crippen LogP contribution in [0.4, 0.5) is 29.5 Å². The molecule has 1 N–H and O–H groups in total. The van der Waals surface area contributed by atoms with Crippen molar-refractivity contribution in [2.24, 2.45) is 0 Å². The summed E-state index contributed by atoms with van der Waals surface area (Å²) in [6.07, 6.45) is 1.32. The van der Waals surface area contributed by atoms with Gasteiger partial charge in [0.05, 0.1) is 29.7 Å². The topological polar surface area (TPSA) is 129 Å². The molecule has 3 amide bonds. The molecular formula is C27H20F3IN6O4. The maximum absolute atomic E-state index is 14.4. The molecule has 0 spiro atoms. The van der Waals surface area contributed by atoms with Crippen molar-refractivity contribution in [3.05, 3.63) is 81.6 Å². The second-order valence-electron chi connectivity index (χ2n) is 9.44. The Hall–Kier alpha value is -4.26. The van der Waals surface area contributed by atoms with Crippen LogP contribution in [0.5, 0.6) is 0 Å². The minimum atomic E-state index is -2.91. The maximum atomic E-state index is 14.4. The summed E-state index contributed by atoms with van der Waals surface area (Å²) in [5.41, 5.74) is 0.378. The molecule has 1 aliphatic heterocycles. The number of aromatic nitrogens is 2. The Bertz CT molecular complexity index is 1560. The number of ether oxygens (including phenoxy) is 1. The van der Waals surface area contributed by atoms with Crippen molar-refractivity contribution >= 4 is 52.0 Å². The number of nitrogens with one attached hydrogen (secondary N) is 1. The van der Waals surface area contributed by atoms with Crippen molar-refractivity contribution in [1.82, 2.24) is 15.3 Å². The molecule has 2 fully saturated rings. The van der Waals surface area contributed by atoms with Crippen molar-refractivity contribution in [3.63, 3.8) is 0 Å². The summed E-state index contributed by atoms with van der Waals surface area (Å²) in [5, 5.41) is 11.9. The number of hydrogen-bond acceptors (Lipinski definition) is 7. The predicted octanol–water partition coefficient (Wildman–Crippen LogP) is 4.11. The van der Waals surface area contributed by atoms with E-state index in [2.05, 4.69) is 15.3 Å². The standard InChI is InChI=1S/C27H20F3IN6O4/c28-16-8-18(13-33-12-16)36(25(39)21-14-41-26(40)37(21)22-7-15(11-32)5-6-34-22)23(19-3-1-2-4-20(19)31)24(38)35-17-9-27(29,30)10-17/h1-8,12-13,17,21,23H,9-10,14H2,(H,35,38)/t21-,23-/m0/s1. The van der Waals surface area contributed by atoms with Gasteiger partial charge in [-0.05, 0) is 46.4 Å². The molecule has 0 radical (unpaired) electrons. The summed E-state index contributed by atoms with van der Waals surface area (Å²) >= 11 is 1.97. The van der Waals surface area contributed by atoms with Crippen LogP contribution in [0.25, 0.3) is 0 Å². The highest BCUT2D eigenvalue weighted by atomic mass is 127. The predicted molar refractivity (Wildman–Crippen MR) is 146 cm³/mol. The normalized spacial score (nSPS) is 18.6. The smallest absolute Gasteiger partial charge is 0.416 e. The number of carbonyl (C=O) groups excluding carboxylic acids is 3. The van der Waals surface area contributed by atoms with Gasteiger partial charge in [0.15, 0.2) is 6.04 Å². The fraction of sp³-hybridized carbons (Fsp3) is 0.259. The highest BCUT2D eigenvalue weighted by Gasteiger charge is 2.49. The van der Waals surface area contributed by atoms with E-state index in [4.69, 9.17) is 4.74 Å². The first kappa shape index (κ1) is 28.3. The number of carbonyl (C=O) groups is 3. The van der Waals surface area contributed by atoms with Crippen LogP contribution in [-0.4, -0.2) is 52.5 Å². The first-order valence-electron chi connectivity index (χ1n) is 12.3. The lowest BCUT2D eigenvalue weighted by Crippen LogP contribution is -2.56. The maximum Gasteiger partial charge on any atom is 0.416 e. The van der Waals surface area contributed by atoms with Crippen molar-refractivity contribution in [1.29, 1.82) is 5.26 Å². The Morgan fingerprint density at radius 2 is 1.98 bits per heavy atom. The zero-order valence-electron chi connectivity index (χ0n) is 21.0. The zero-order valence-corrected chi connectivity index (χ0v) is 23.2. The van der Waals surface area contributed by atoms with Crippen molar-refractivity contribution in [2.75, 3.05) is 16.4 Å². The first-order valence-corrected chi connectivity index (χ1v) is 13.3. The van der Waals surface area contributed by atoms with Crippen LogP contribution in [0.3, 0.4) is 0 Å². The molecule has 14 heteroatoms. The van der Waals surface area contributed by atoms with Crippen LogP contribution in [0, 0.1) is 20.7 Å². The third-order valence-corrected chi connectivity index (χ3v) is 7.61. The van der Waals surface area contributed by atoms with Crippen LogP contribution >= 0.6 is 22.6 Å². The lowest BCUT2D eigenvalue weighted by Gasteiger charge is -2.39. The minimum Gasteiger partial charge on any atom is -0.446 e. The molecule has 5 rings (SSSR count). The number of rotatable bonds is 7. The Balaban J connectivity index is 1.61. The molecule has 2 aliphatic rings. The third kappa shape index (κ3) is 5.80. The highest BCUT2D eigenvalue weighted by molar-refractivity contribution is 14.1. The van der Waals surface area contributed by atoms with Crippen molar-refractivity contribution in [3.8, 4) is 6.07 Å². The second kappa shape index (κ2) is 11.3. The second-order valence-corrected chi connectivity index (χ2v) is 10.6. The van der Waals surface area contributed by atoms with Crippen LogP contribution < -0.4 is 15.1 Å². The van der Waals surface area contributed by atoms with E-state index in [1.54, 1.807) is 24.3 Å². The molecule has 1 saturated heterocycles. The van der Waals surface area contributed by atoms with Gasteiger partial charge in [-0.15, -0.1) is 0 Å². The summed E-state index contributed by atoms with van der Waals surface area (Å²) in [6, 6.07) is 8.56. The van der Waals surface area contributed by atoms with E-state index < -0.39 is 67.2 Å². The molecule has 1 aliphatic carbocycles. The molecule has 3 heterocycles. The van der Waals surface area contributed by atoms with Gasteiger partial charge >= 0.3 is 6.09 Å². The third-order valence-electron chi connectivity index (χ3n) is 6.63. The summed E-state index contributed by atoms with van der Waals surface area (Å²) in [5.74, 6) is -5.40. The number of cyclic esters (lactones) is 1. The molecule has 3 aromatic rings.